The van der Waals surface area contributed by atoms with Gasteiger partial charge in [-0.2, -0.15) is 0 Å². The highest BCUT2D eigenvalue weighted by Crippen LogP contribution is 2.34. The summed E-state index contributed by atoms with van der Waals surface area (Å²) in [7, 11) is 5.33. The molecule has 1 N–H and O–H groups in total. The van der Waals surface area contributed by atoms with Gasteiger partial charge in [0, 0.05) is 38.6 Å². The monoisotopic (exact) mass is 253 g/mol. The Morgan fingerprint density at radius 3 is 2.61 bits per heavy atom. The molecular formula is C14H23NO3. The average Bonchev–Trinajstić information content (AvgIpc) is 2.37. The third kappa shape index (κ3) is 3.62. The van der Waals surface area contributed by atoms with E-state index in [-0.39, 0.29) is 0 Å². The molecule has 0 fully saturated rings. The van der Waals surface area contributed by atoms with Crippen molar-refractivity contribution in [3.63, 3.8) is 0 Å². The minimum atomic E-state index is -0.555. The Balaban J connectivity index is 2.92. The molecule has 0 bridgehead atoms. The summed E-state index contributed by atoms with van der Waals surface area (Å²) in [6.07, 6.45) is 0.393. The first-order chi connectivity index (χ1) is 8.61. The van der Waals surface area contributed by atoms with E-state index in [1.807, 2.05) is 25.2 Å². The van der Waals surface area contributed by atoms with Crippen LogP contribution in [0, 0.1) is 0 Å². The number of methoxy groups -OCH3 is 2. The number of aliphatic hydroxyl groups excluding tert-OH is 1. The van der Waals surface area contributed by atoms with Gasteiger partial charge >= 0.3 is 0 Å². The van der Waals surface area contributed by atoms with Gasteiger partial charge < -0.3 is 19.5 Å². The number of benzene rings is 1. The van der Waals surface area contributed by atoms with Gasteiger partial charge in [0.2, 0.25) is 0 Å². The van der Waals surface area contributed by atoms with Crippen LogP contribution in [-0.2, 0) is 4.74 Å². The van der Waals surface area contributed by atoms with Crippen molar-refractivity contribution in [2.24, 2.45) is 0 Å². The van der Waals surface area contributed by atoms with E-state index >= 15 is 0 Å². The molecule has 0 aliphatic rings. The maximum Gasteiger partial charge on any atom is 0.126 e. The third-order valence-corrected chi connectivity index (χ3v) is 2.93. The fourth-order valence-corrected chi connectivity index (χ4v) is 2.03. The van der Waals surface area contributed by atoms with Crippen LogP contribution in [0.3, 0.4) is 0 Å². The highest BCUT2D eigenvalue weighted by molar-refractivity contribution is 5.60. The summed E-state index contributed by atoms with van der Waals surface area (Å²) >= 11 is 0. The SMILES string of the molecule is COCCCN(C)c1cccc(OC)c1[C@H](C)O. The molecule has 4 nitrogen and oxygen atoms in total. The van der Waals surface area contributed by atoms with E-state index in [9.17, 15) is 5.11 Å². The number of nitrogens with zero attached hydrogens (tertiary/aromatic N) is 1. The summed E-state index contributed by atoms with van der Waals surface area (Å²) in [5.74, 6) is 0.723. The number of anilines is 1. The second-order valence-electron chi connectivity index (χ2n) is 4.34. The van der Waals surface area contributed by atoms with Crippen molar-refractivity contribution in [2.75, 3.05) is 39.3 Å². The van der Waals surface area contributed by atoms with Crippen molar-refractivity contribution < 1.29 is 14.6 Å². The summed E-state index contributed by atoms with van der Waals surface area (Å²) in [6, 6.07) is 5.80. The van der Waals surface area contributed by atoms with Crippen LogP contribution in [0.15, 0.2) is 18.2 Å². The molecule has 0 radical (unpaired) electrons. The molecule has 0 unspecified atom stereocenters. The van der Waals surface area contributed by atoms with Gasteiger partial charge in [0.1, 0.15) is 5.75 Å². The Kier molecular flexibility index (Phi) is 5.95. The van der Waals surface area contributed by atoms with E-state index in [0.29, 0.717) is 0 Å². The van der Waals surface area contributed by atoms with Gasteiger partial charge in [-0.25, -0.2) is 0 Å². The molecule has 0 aromatic heterocycles. The highest BCUT2D eigenvalue weighted by Gasteiger charge is 2.16. The lowest BCUT2D eigenvalue weighted by molar-refractivity contribution is 0.193. The standard InChI is InChI=1S/C14H23NO3/c1-11(16)14-12(7-5-8-13(14)18-4)15(2)9-6-10-17-3/h5,7-8,11,16H,6,9-10H2,1-4H3/t11-/m0/s1. The Morgan fingerprint density at radius 1 is 1.33 bits per heavy atom. The predicted octanol–water partition coefficient (Wildman–Crippen LogP) is 2.22. The summed E-state index contributed by atoms with van der Waals surface area (Å²) in [5.41, 5.74) is 1.83. The zero-order valence-electron chi connectivity index (χ0n) is 11.6. The van der Waals surface area contributed by atoms with Crippen molar-refractivity contribution >= 4 is 5.69 Å². The number of hydrogen-bond acceptors (Lipinski definition) is 4. The maximum absolute atomic E-state index is 9.91. The molecule has 102 valence electrons. The van der Waals surface area contributed by atoms with Crippen molar-refractivity contribution in [3.8, 4) is 5.75 Å². The van der Waals surface area contributed by atoms with E-state index in [4.69, 9.17) is 9.47 Å². The molecule has 18 heavy (non-hydrogen) atoms. The van der Waals surface area contributed by atoms with Crippen LogP contribution in [-0.4, -0.2) is 39.5 Å². The molecule has 0 spiro atoms. The molecule has 4 heteroatoms. The van der Waals surface area contributed by atoms with Crippen LogP contribution in [0.2, 0.25) is 0 Å². The van der Waals surface area contributed by atoms with Gasteiger partial charge in [-0.3, -0.25) is 0 Å². The zero-order valence-corrected chi connectivity index (χ0v) is 11.6. The molecule has 1 aromatic rings. The Bertz CT molecular complexity index is 366. The second kappa shape index (κ2) is 7.24. The van der Waals surface area contributed by atoms with Crippen molar-refractivity contribution in [2.45, 2.75) is 19.4 Å². The van der Waals surface area contributed by atoms with Gasteiger partial charge in [0.15, 0.2) is 0 Å². The van der Waals surface area contributed by atoms with Crippen LogP contribution < -0.4 is 9.64 Å². The fraction of sp³-hybridized carbons (Fsp3) is 0.571. The molecule has 0 aliphatic carbocycles. The van der Waals surface area contributed by atoms with E-state index in [2.05, 4.69) is 4.90 Å². The number of ether oxygens (including phenoxy) is 2. The van der Waals surface area contributed by atoms with Crippen molar-refractivity contribution in [1.82, 2.24) is 0 Å². The summed E-state index contributed by atoms with van der Waals surface area (Å²) in [4.78, 5) is 2.11. The second-order valence-corrected chi connectivity index (χ2v) is 4.34. The molecule has 0 saturated carbocycles. The van der Waals surface area contributed by atoms with E-state index in [1.165, 1.54) is 0 Å². The van der Waals surface area contributed by atoms with Crippen molar-refractivity contribution in [3.05, 3.63) is 23.8 Å². The quantitative estimate of drug-likeness (QED) is 0.757. The molecule has 0 amide bonds. The Morgan fingerprint density at radius 2 is 2.06 bits per heavy atom. The van der Waals surface area contributed by atoms with E-state index < -0.39 is 6.10 Å². The molecule has 1 rings (SSSR count). The van der Waals surface area contributed by atoms with Gasteiger partial charge in [-0.05, 0) is 25.5 Å². The third-order valence-electron chi connectivity index (χ3n) is 2.93. The zero-order chi connectivity index (χ0) is 13.5. The molecule has 0 aliphatic heterocycles. The minimum Gasteiger partial charge on any atom is -0.496 e. The first-order valence-electron chi connectivity index (χ1n) is 6.16. The normalized spacial score (nSPS) is 12.3. The lowest BCUT2D eigenvalue weighted by Crippen LogP contribution is -2.21. The fourth-order valence-electron chi connectivity index (χ4n) is 2.03. The van der Waals surface area contributed by atoms with Gasteiger partial charge in [0.25, 0.3) is 0 Å². The molecule has 1 aromatic carbocycles. The largest absolute Gasteiger partial charge is 0.496 e. The minimum absolute atomic E-state index is 0.555. The van der Waals surface area contributed by atoms with Crippen LogP contribution in [0.4, 0.5) is 5.69 Å². The van der Waals surface area contributed by atoms with Crippen LogP contribution >= 0.6 is 0 Å². The Labute approximate surface area is 109 Å². The maximum atomic E-state index is 9.91. The lowest BCUT2D eigenvalue weighted by Gasteiger charge is -2.25. The molecule has 1 atom stereocenters. The number of hydrogen-bond donors (Lipinski definition) is 1. The highest BCUT2D eigenvalue weighted by atomic mass is 16.5. The number of aliphatic hydroxyl groups is 1. The molecule has 0 heterocycles. The topological polar surface area (TPSA) is 41.9 Å². The van der Waals surface area contributed by atoms with Crippen LogP contribution in [0.5, 0.6) is 5.75 Å². The summed E-state index contributed by atoms with van der Waals surface area (Å²) in [5, 5.41) is 9.91. The van der Waals surface area contributed by atoms with E-state index in [0.717, 1.165) is 36.6 Å². The molecular weight excluding hydrogens is 230 g/mol. The lowest BCUT2D eigenvalue weighted by atomic mass is 10.1. The van der Waals surface area contributed by atoms with Crippen LogP contribution in [0.1, 0.15) is 25.0 Å². The van der Waals surface area contributed by atoms with Gasteiger partial charge in [-0.1, -0.05) is 6.07 Å². The van der Waals surface area contributed by atoms with Crippen LogP contribution in [0.25, 0.3) is 0 Å². The predicted molar refractivity (Wildman–Crippen MR) is 73.4 cm³/mol. The van der Waals surface area contributed by atoms with E-state index in [1.54, 1.807) is 21.1 Å². The smallest absolute Gasteiger partial charge is 0.126 e. The van der Waals surface area contributed by atoms with Crippen molar-refractivity contribution in [1.29, 1.82) is 0 Å². The average molecular weight is 253 g/mol. The summed E-state index contributed by atoms with van der Waals surface area (Å²) in [6.45, 7) is 3.36. The van der Waals surface area contributed by atoms with Gasteiger partial charge in [0.05, 0.1) is 13.2 Å². The van der Waals surface area contributed by atoms with Gasteiger partial charge in [-0.15, -0.1) is 0 Å². The number of rotatable bonds is 7. The Hall–Kier alpha value is -1.26. The molecule has 0 saturated heterocycles. The first-order valence-corrected chi connectivity index (χ1v) is 6.16. The summed E-state index contributed by atoms with van der Waals surface area (Å²) < 4.78 is 10.4. The first kappa shape index (κ1) is 14.8.